The van der Waals surface area contributed by atoms with Gasteiger partial charge in [-0.25, -0.2) is 0 Å². The zero-order valence-corrected chi connectivity index (χ0v) is 16.4. The van der Waals surface area contributed by atoms with E-state index in [1.165, 1.54) is 32.1 Å². The number of benzene rings is 2. The second-order valence-electron chi connectivity index (χ2n) is 6.98. The number of amides is 2. The maximum Gasteiger partial charge on any atom is 0.285 e. The molecule has 0 atom stereocenters. The third-order valence-corrected chi connectivity index (χ3v) is 4.81. The van der Waals surface area contributed by atoms with Gasteiger partial charge in [-0.15, -0.1) is 5.06 Å². The number of hydrogen-bond acceptors (Lipinski definition) is 4. The molecule has 1 aliphatic rings. The van der Waals surface area contributed by atoms with E-state index >= 15 is 0 Å². The Morgan fingerprint density at radius 2 is 1.39 bits per heavy atom. The fourth-order valence-electron chi connectivity index (χ4n) is 3.18. The zero-order valence-electron chi connectivity index (χ0n) is 16.4. The van der Waals surface area contributed by atoms with Crippen LogP contribution in [0.1, 0.15) is 71.7 Å². The van der Waals surface area contributed by atoms with E-state index in [0.717, 1.165) is 29.4 Å². The van der Waals surface area contributed by atoms with Gasteiger partial charge in [0.1, 0.15) is 12.4 Å². The van der Waals surface area contributed by atoms with E-state index in [9.17, 15) is 9.59 Å². The van der Waals surface area contributed by atoms with Crippen molar-refractivity contribution >= 4 is 11.8 Å². The minimum atomic E-state index is -0.417. The summed E-state index contributed by atoms with van der Waals surface area (Å²) in [7, 11) is 0. The highest BCUT2D eigenvalue weighted by molar-refractivity contribution is 6.20. The number of hydroxylamine groups is 2. The van der Waals surface area contributed by atoms with Crippen molar-refractivity contribution < 1.29 is 19.2 Å². The molecule has 3 rings (SSSR count). The van der Waals surface area contributed by atoms with Gasteiger partial charge in [-0.2, -0.15) is 0 Å². The smallest absolute Gasteiger partial charge is 0.285 e. The highest BCUT2D eigenvalue weighted by Gasteiger charge is 2.36. The van der Waals surface area contributed by atoms with E-state index in [1.807, 2.05) is 24.3 Å². The van der Waals surface area contributed by atoms with Crippen molar-refractivity contribution in [2.75, 3.05) is 6.61 Å². The van der Waals surface area contributed by atoms with Crippen molar-refractivity contribution in [3.8, 4) is 5.75 Å². The van der Waals surface area contributed by atoms with Crippen LogP contribution in [-0.4, -0.2) is 23.5 Å². The molecule has 1 aliphatic heterocycles. The Balaban J connectivity index is 1.42. The third kappa shape index (κ3) is 4.98. The second-order valence-corrected chi connectivity index (χ2v) is 6.98. The Morgan fingerprint density at radius 1 is 0.786 bits per heavy atom. The number of imide groups is 1. The van der Waals surface area contributed by atoms with Crippen LogP contribution in [0, 0.1) is 0 Å². The number of fused-ring (bicyclic) bond motifs is 1. The summed E-state index contributed by atoms with van der Waals surface area (Å²) in [6.07, 6.45) is 7.41. The summed E-state index contributed by atoms with van der Waals surface area (Å²) in [6, 6.07) is 14.3. The SMILES string of the molecule is CCCCCCCCOc1ccc(CON2C(=O)c3ccccc3C2=O)cc1. The summed E-state index contributed by atoms with van der Waals surface area (Å²) in [4.78, 5) is 30.0. The predicted octanol–water partition coefficient (Wildman–Crippen LogP) is 5.15. The molecule has 2 aromatic carbocycles. The lowest BCUT2D eigenvalue weighted by molar-refractivity contribution is -0.101. The molecule has 2 aromatic rings. The molecule has 2 amide bonds. The topological polar surface area (TPSA) is 55.8 Å². The van der Waals surface area contributed by atoms with Crippen LogP contribution in [0.4, 0.5) is 0 Å². The Kier molecular flexibility index (Phi) is 7.20. The molecule has 1 heterocycles. The van der Waals surface area contributed by atoms with Crippen molar-refractivity contribution in [2.45, 2.75) is 52.1 Å². The Labute approximate surface area is 166 Å². The maximum absolute atomic E-state index is 12.3. The monoisotopic (exact) mass is 381 g/mol. The van der Waals surface area contributed by atoms with Crippen LogP contribution in [0.25, 0.3) is 0 Å². The number of hydrogen-bond donors (Lipinski definition) is 0. The first-order valence-corrected chi connectivity index (χ1v) is 10.0. The van der Waals surface area contributed by atoms with Gasteiger partial charge >= 0.3 is 0 Å². The van der Waals surface area contributed by atoms with Crippen molar-refractivity contribution in [3.05, 3.63) is 65.2 Å². The van der Waals surface area contributed by atoms with Gasteiger partial charge in [0, 0.05) is 0 Å². The number of carbonyl (C=O) groups excluding carboxylic acids is 2. The molecule has 0 aliphatic carbocycles. The summed E-state index contributed by atoms with van der Waals surface area (Å²) in [5.74, 6) is -0.0166. The first kappa shape index (κ1) is 20.1. The van der Waals surface area contributed by atoms with Gasteiger partial charge in [-0.3, -0.25) is 14.4 Å². The molecule has 0 fully saturated rings. The first-order chi connectivity index (χ1) is 13.7. The molecule has 0 aromatic heterocycles. The van der Waals surface area contributed by atoms with Gasteiger partial charge in [0.15, 0.2) is 0 Å². The Hall–Kier alpha value is -2.66. The minimum Gasteiger partial charge on any atom is -0.494 e. The summed E-state index contributed by atoms with van der Waals surface area (Å²) in [6.45, 7) is 3.08. The average Bonchev–Trinajstić information content (AvgIpc) is 2.97. The molecule has 148 valence electrons. The number of unbranched alkanes of at least 4 members (excludes halogenated alkanes) is 5. The number of rotatable bonds is 11. The summed E-state index contributed by atoms with van der Waals surface area (Å²) >= 11 is 0. The minimum absolute atomic E-state index is 0.142. The van der Waals surface area contributed by atoms with Crippen LogP contribution >= 0.6 is 0 Å². The lowest BCUT2D eigenvalue weighted by Gasteiger charge is -2.13. The van der Waals surface area contributed by atoms with Gasteiger partial charge in [-0.05, 0) is 36.2 Å². The van der Waals surface area contributed by atoms with E-state index in [0.29, 0.717) is 11.1 Å². The van der Waals surface area contributed by atoms with E-state index in [1.54, 1.807) is 24.3 Å². The number of ether oxygens (including phenoxy) is 1. The average molecular weight is 381 g/mol. The van der Waals surface area contributed by atoms with Crippen molar-refractivity contribution in [1.29, 1.82) is 0 Å². The molecule has 0 saturated heterocycles. The van der Waals surface area contributed by atoms with Gasteiger partial charge in [0.05, 0.1) is 17.7 Å². The quantitative estimate of drug-likeness (QED) is 0.399. The molecular formula is C23H27NO4. The van der Waals surface area contributed by atoms with Crippen LogP contribution in [0.2, 0.25) is 0 Å². The molecule has 0 unspecified atom stereocenters. The van der Waals surface area contributed by atoms with Gasteiger partial charge < -0.3 is 4.74 Å². The van der Waals surface area contributed by atoms with Crippen LogP contribution in [0.15, 0.2) is 48.5 Å². The predicted molar refractivity (Wildman–Crippen MR) is 107 cm³/mol. The van der Waals surface area contributed by atoms with Crippen LogP contribution in [0.3, 0.4) is 0 Å². The summed E-state index contributed by atoms with van der Waals surface area (Å²) in [5, 5.41) is 0.841. The molecule has 5 heteroatoms. The normalized spacial score (nSPS) is 13.1. The van der Waals surface area contributed by atoms with Gasteiger partial charge in [0.25, 0.3) is 11.8 Å². The molecule has 0 spiro atoms. The molecule has 28 heavy (non-hydrogen) atoms. The van der Waals surface area contributed by atoms with E-state index in [-0.39, 0.29) is 6.61 Å². The highest BCUT2D eigenvalue weighted by atomic mass is 16.7. The van der Waals surface area contributed by atoms with Crippen LogP contribution in [0.5, 0.6) is 5.75 Å². The molecule has 0 N–H and O–H groups in total. The van der Waals surface area contributed by atoms with Crippen LogP contribution in [-0.2, 0) is 11.4 Å². The van der Waals surface area contributed by atoms with E-state index in [2.05, 4.69) is 6.92 Å². The van der Waals surface area contributed by atoms with E-state index < -0.39 is 11.8 Å². The van der Waals surface area contributed by atoms with Gasteiger partial charge in [-0.1, -0.05) is 63.3 Å². The number of nitrogens with zero attached hydrogens (tertiary/aromatic N) is 1. The Bertz CT molecular complexity index is 766. The molecule has 0 radical (unpaired) electrons. The molecule has 0 bridgehead atoms. The standard InChI is InChI=1S/C23H27NO4/c1-2-3-4-5-6-9-16-27-19-14-12-18(13-15-19)17-28-24-22(25)20-10-7-8-11-21(20)23(24)26/h7-8,10-15H,2-6,9,16-17H2,1H3. The first-order valence-electron chi connectivity index (χ1n) is 10.0. The molecular weight excluding hydrogens is 354 g/mol. The van der Waals surface area contributed by atoms with Crippen molar-refractivity contribution in [2.24, 2.45) is 0 Å². The number of carbonyl (C=O) groups is 2. The fourth-order valence-corrected chi connectivity index (χ4v) is 3.18. The lowest BCUT2D eigenvalue weighted by Crippen LogP contribution is -2.29. The zero-order chi connectivity index (χ0) is 19.8. The molecule has 0 saturated carbocycles. The van der Waals surface area contributed by atoms with Crippen molar-refractivity contribution in [1.82, 2.24) is 5.06 Å². The molecule has 5 nitrogen and oxygen atoms in total. The summed E-state index contributed by atoms with van der Waals surface area (Å²) in [5.41, 5.74) is 1.63. The second kappa shape index (κ2) is 10.0. The van der Waals surface area contributed by atoms with Gasteiger partial charge in [0.2, 0.25) is 0 Å². The van der Waals surface area contributed by atoms with Crippen molar-refractivity contribution in [3.63, 3.8) is 0 Å². The van der Waals surface area contributed by atoms with Crippen LogP contribution < -0.4 is 4.74 Å². The maximum atomic E-state index is 12.3. The summed E-state index contributed by atoms with van der Waals surface area (Å²) < 4.78 is 5.76. The largest absolute Gasteiger partial charge is 0.494 e. The highest BCUT2D eigenvalue weighted by Crippen LogP contribution is 2.23. The van der Waals surface area contributed by atoms with E-state index in [4.69, 9.17) is 9.57 Å². The Morgan fingerprint density at radius 3 is 2.04 bits per heavy atom. The lowest BCUT2D eigenvalue weighted by atomic mass is 10.1. The fraction of sp³-hybridized carbons (Fsp3) is 0.391. The third-order valence-electron chi connectivity index (χ3n) is 4.81.